The van der Waals surface area contributed by atoms with E-state index in [0.717, 1.165) is 5.75 Å². The zero-order chi connectivity index (χ0) is 14.3. The van der Waals surface area contributed by atoms with Crippen molar-refractivity contribution in [2.45, 2.75) is 31.7 Å². The Hall–Kier alpha value is -1.75. The molecule has 1 aromatic rings. The number of carboxylic acid groups (broad SMARTS) is 1. The van der Waals surface area contributed by atoms with E-state index in [2.05, 4.69) is 0 Å². The van der Waals surface area contributed by atoms with Crippen LogP contribution in [0.25, 0.3) is 0 Å². The van der Waals surface area contributed by atoms with E-state index in [0.29, 0.717) is 31.6 Å². The van der Waals surface area contributed by atoms with Crippen molar-refractivity contribution in [3.8, 4) is 11.5 Å². The van der Waals surface area contributed by atoms with Crippen molar-refractivity contribution >= 4 is 5.97 Å². The minimum absolute atomic E-state index is 0.392. The average molecular weight is 267 g/mol. The van der Waals surface area contributed by atoms with Gasteiger partial charge in [-0.15, -0.1) is 0 Å². The first kappa shape index (κ1) is 15.3. The second-order valence-corrected chi connectivity index (χ2v) is 4.45. The number of hydrogen-bond donors (Lipinski definition) is 2. The van der Waals surface area contributed by atoms with Crippen molar-refractivity contribution in [2.24, 2.45) is 5.73 Å². The molecular formula is C14H21NO4. The maximum atomic E-state index is 11.0. The Morgan fingerprint density at radius 3 is 2.68 bits per heavy atom. The maximum Gasteiger partial charge on any atom is 0.323 e. The largest absolute Gasteiger partial charge is 0.497 e. The molecule has 0 saturated heterocycles. The number of methoxy groups -OCH3 is 1. The fourth-order valence-corrected chi connectivity index (χ4v) is 1.70. The van der Waals surface area contributed by atoms with Crippen LogP contribution in [0.5, 0.6) is 11.5 Å². The molecule has 0 aliphatic rings. The van der Waals surface area contributed by atoms with Gasteiger partial charge in [0.1, 0.15) is 17.0 Å². The molecule has 0 aliphatic heterocycles. The van der Waals surface area contributed by atoms with Gasteiger partial charge < -0.3 is 20.3 Å². The molecule has 1 rings (SSSR count). The minimum Gasteiger partial charge on any atom is -0.497 e. The first-order valence-electron chi connectivity index (χ1n) is 6.31. The van der Waals surface area contributed by atoms with E-state index in [1.54, 1.807) is 20.1 Å². The summed E-state index contributed by atoms with van der Waals surface area (Å²) in [5.74, 6) is 0.468. The van der Waals surface area contributed by atoms with Crippen LogP contribution in [0.1, 0.15) is 26.2 Å². The number of carbonyl (C=O) groups is 1. The maximum absolute atomic E-state index is 11.0. The third-order valence-electron chi connectivity index (χ3n) is 3.13. The Balaban J connectivity index is 2.40. The number of carboxylic acids is 1. The highest BCUT2D eigenvalue weighted by Crippen LogP contribution is 2.20. The highest BCUT2D eigenvalue weighted by atomic mass is 16.5. The molecule has 5 heteroatoms. The lowest BCUT2D eigenvalue weighted by Gasteiger charge is -2.22. The molecule has 0 fully saturated rings. The smallest absolute Gasteiger partial charge is 0.323 e. The van der Waals surface area contributed by atoms with Gasteiger partial charge in [0.25, 0.3) is 0 Å². The molecular weight excluding hydrogens is 246 g/mol. The van der Waals surface area contributed by atoms with Gasteiger partial charge in [0.15, 0.2) is 0 Å². The van der Waals surface area contributed by atoms with Crippen molar-refractivity contribution in [1.29, 1.82) is 0 Å². The molecule has 19 heavy (non-hydrogen) atoms. The van der Waals surface area contributed by atoms with Crippen LogP contribution in [-0.2, 0) is 4.79 Å². The zero-order valence-corrected chi connectivity index (χ0v) is 11.4. The second-order valence-electron chi connectivity index (χ2n) is 4.45. The van der Waals surface area contributed by atoms with Gasteiger partial charge in [-0.3, -0.25) is 4.79 Å². The Morgan fingerprint density at radius 1 is 1.42 bits per heavy atom. The van der Waals surface area contributed by atoms with Gasteiger partial charge in [-0.1, -0.05) is 13.0 Å². The van der Waals surface area contributed by atoms with Crippen LogP contribution >= 0.6 is 0 Å². The van der Waals surface area contributed by atoms with Crippen LogP contribution in [0.3, 0.4) is 0 Å². The zero-order valence-electron chi connectivity index (χ0n) is 11.4. The Kier molecular flexibility index (Phi) is 5.63. The van der Waals surface area contributed by atoms with Crippen LogP contribution in [-0.4, -0.2) is 30.3 Å². The Labute approximate surface area is 113 Å². The number of rotatable bonds is 8. The molecule has 1 unspecified atom stereocenters. The van der Waals surface area contributed by atoms with Crippen molar-refractivity contribution in [3.63, 3.8) is 0 Å². The van der Waals surface area contributed by atoms with Gasteiger partial charge in [0, 0.05) is 6.07 Å². The summed E-state index contributed by atoms with van der Waals surface area (Å²) in [6.45, 7) is 2.20. The van der Waals surface area contributed by atoms with Gasteiger partial charge in [0.05, 0.1) is 13.7 Å². The third kappa shape index (κ3) is 4.44. The molecule has 0 amide bonds. The standard InChI is InChI=1S/C14H21NO4/c1-3-14(15,13(16)17)8-5-9-19-12-7-4-6-11(10-12)18-2/h4,6-7,10H,3,5,8-9,15H2,1-2H3,(H,16,17). The topological polar surface area (TPSA) is 81.8 Å². The molecule has 0 aromatic heterocycles. The van der Waals surface area contributed by atoms with E-state index in [4.69, 9.17) is 20.3 Å². The average Bonchev–Trinajstić information content (AvgIpc) is 2.43. The summed E-state index contributed by atoms with van der Waals surface area (Å²) in [6.07, 6.45) is 1.39. The predicted molar refractivity (Wildman–Crippen MR) is 72.6 cm³/mol. The highest BCUT2D eigenvalue weighted by Gasteiger charge is 2.30. The van der Waals surface area contributed by atoms with Gasteiger partial charge in [-0.25, -0.2) is 0 Å². The van der Waals surface area contributed by atoms with Crippen LogP contribution < -0.4 is 15.2 Å². The molecule has 0 heterocycles. The molecule has 0 aliphatic carbocycles. The summed E-state index contributed by atoms with van der Waals surface area (Å²) in [5.41, 5.74) is 4.64. The van der Waals surface area contributed by atoms with Gasteiger partial charge in [-0.2, -0.15) is 0 Å². The van der Waals surface area contributed by atoms with Gasteiger partial charge in [0.2, 0.25) is 0 Å². The summed E-state index contributed by atoms with van der Waals surface area (Å²) in [6, 6.07) is 7.28. The molecule has 5 nitrogen and oxygen atoms in total. The van der Waals surface area contributed by atoms with E-state index in [1.807, 2.05) is 18.2 Å². The predicted octanol–water partition coefficient (Wildman–Crippen LogP) is 2.05. The lowest BCUT2D eigenvalue weighted by Crippen LogP contribution is -2.47. The number of benzene rings is 1. The van der Waals surface area contributed by atoms with Crippen molar-refractivity contribution in [2.75, 3.05) is 13.7 Å². The van der Waals surface area contributed by atoms with Crippen molar-refractivity contribution < 1.29 is 19.4 Å². The van der Waals surface area contributed by atoms with E-state index < -0.39 is 11.5 Å². The molecule has 0 spiro atoms. The fraction of sp³-hybridized carbons (Fsp3) is 0.500. The number of nitrogens with two attached hydrogens (primary N) is 1. The van der Waals surface area contributed by atoms with Crippen LogP contribution in [0.15, 0.2) is 24.3 Å². The highest BCUT2D eigenvalue weighted by molar-refractivity contribution is 5.78. The van der Waals surface area contributed by atoms with Gasteiger partial charge >= 0.3 is 5.97 Å². The molecule has 0 bridgehead atoms. The molecule has 1 atom stereocenters. The summed E-state index contributed by atoms with van der Waals surface area (Å²) >= 11 is 0. The third-order valence-corrected chi connectivity index (χ3v) is 3.13. The lowest BCUT2D eigenvalue weighted by molar-refractivity contribution is -0.143. The van der Waals surface area contributed by atoms with E-state index in [1.165, 1.54) is 0 Å². The normalized spacial score (nSPS) is 13.6. The SMILES string of the molecule is CCC(N)(CCCOc1cccc(OC)c1)C(=O)O. The fourth-order valence-electron chi connectivity index (χ4n) is 1.70. The van der Waals surface area contributed by atoms with Crippen molar-refractivity contribution in [1.82, 2.24) is 0 Å². The first-order valence-corrected chi connectivity index (χ1v) is 6.31. The van der Waals surface area contributed by atoms with E-state index in [-0.39, 0.29) is 0 Å². The minimum atomic E-state index is -1.16. The Bertz CT molecular complexity index is 422. The summed E-state index contributed by atoms with van der Waals surface area (Å²) < 4.78 is 10.6. The van der Waals surface area contributed by atoms with Gasteiger partial charge in [-0.05, 0) is 31.4 Å². The molecule has 106 valence electrons. The number of ether oxygens (including phenoxy) is 2. The summed E-state index contributed by atoms with van der Waals surface area (Å²) in [4.78, 5) is 11.0. The van der Waals surface area contributed by atoms with E-state index >= 15 is 0 Å². The van der Waals surface area contributed by atoms with Crippen molar-refractivity contribution in [3.05, 3.63) is 24.3 Å². The lowest BCUT2D eigenvalue weighted by atomic mass is 9.92. The van der Waals surface area contributed by atoms with Crippen LogP contribution in [0.4, 0.5) is 0 Å². The summed E-state index contributed by atoms with van der Waals surface area (Å²) in [5, 5.41) is 9.03. The number of aliphatic carboxylic acids is 1. The molecule has 1 aromatic carbocycles. The second kappa shape index (κ2) is 6.99. The monoisotopic (exact) mass is 267 g/mol. The van der Waals surface area contributed by atoms with Crippen LogP contribution in [0.2, 0.25) is 0 Å². The molecule has 0 radical (unpaired) electrons. The molecule has 3 N–H and O–H groups in total. The number of hydrogen-bond acceptors (Lipinski definition) is 4. The van der Waals surface area contributed by atoms with Crippen LogP contribution in [0, 0.1) is 0 Å². The molecule has 0 saturated carbocycles. The Morgan fingerprint density at radius 2 is 2.11 bits per heavy atom. The summed E-state index contributed by atoms with van der Waals surface area (Å²) in [7, 11) is 1.59. The van der Waals surface area contributed by atoms with E-state index in [9.17, 15) is 4.79 Å². The quantitative estimate of drug-likeness (QED) is 0.704. The first-order chi connectivity index (χ1) is 9.01.